The lowest BCUT2D eigenvalue weighted by atomic mass is 9.92. The van der Waals surface area contributed by atoms with E-state index < -0.39 is 24.7 Å². The van der Waals surface area contributed by atoms with Crippen molar-refractivity contribution < 1.29 is 37.3 Å². The third-order valence-corrected chi connectivity index (χ3v) is 3.97. The molecule has 0 spiro atoms. The zero-order valence-corrected chi connectivity index (χ0v) is 12.3. The Hall–Kier alpha value is -1.55. The molecule has 7 nitrogen and oxygen atoms in total. The highest BCUT2D eigenvalue weighted by molar-refractivity contribution is 5.77. The number of rotatable bonds is 6. The Morgan fingerprint density at radius 2 is 1.96 bits per heavy atom. The number of hydrogen-bond donors (Lipinski definition) is 2. The SMILES string of the molecule is O=C(O)NCC1CCN(C(=O)COC2CC(OC(F)(F)F)C2)C1. The Morgan fingerprint density at radius 3 is 2.57 bits per heavy atom. The minimum Gasteiger partial charge on any atom is -0.465 e. The second kappa shape index (κ2) is 7.35. The molecule has 0 aromatic heterocycles. The van der Waals surface area contributed by atoms with Gasteiger partial charge in [-0.25, -0.2) is 4.79 Å². The second-order valence-electron chi connectivity index (χ2n) is 5.77. The molecule has 0 radical (unpaired) electrons. The van der Waals surface area contributed by atoms with Gasteiger partial charge in [0.25, 0.3) is 0 Å². The van der Waals surface area contributed by atoms with Crippen LogP contribution in [0.2, 0.25) is 0 Å². The first-order valence-corrected chi connectivity index (χ1v) is 7.33. The number of alkyl halides is 3. The van der Waals surface area contributed by atoms with Crippen LogP contribution < -0.4 is 5.32 Å². The van der Waals surface area contributed by atoms with Crippen LogP contribution in [0.5, 0.6) is 0 Å². The van der Waals surface area contributed by atoms with E-state index in [2.05, 4.69) is 10.1 Å². The first-order valence-electron chi connectivity index (χ1n) is 7.33. The lowest BCUT2D eigenvalue weighted by molar-refractivity contribution is -0.357. The fraction of sp³-hybridized carbons (Fsp3) is 0.846. The van der Waals surface area contributed by atoms with E-state index in [1.807, 2.05) is 0 Å². The molecule has 0 aromatic carbocycles. The summed E-state index contributed by atoms with van der Waals surface area (Å²) >= 11 is 0. The number of carbonyl (C=O) groups is 2. The van der Waals surface area contributed by atoms with Crippen molar-refractivity contribution in [2.45, 2.75) is 37.8 Å². The lowest BCUT2D eigenvalue weighted by Gasteiger charge is -2.35. The number of likely N-dealkylation sites (tertiary alicyclic amines) is 1. The van der Waals surface area contributed by atoms with Crippen LogP contribution >= 0.6 is 0 Å². The van der Waals surface area contributed by atoms with Crippen LogP contribution in [-0.2, 0) is 14.3 Å². The Morgan fingerprint density at radius 1 is 1.26 bits per heavy atom. The van der Waals surface area contributed by atoms with Crippen LogP contribution in [0, 0.1) is 5.92 Å². The van der Waals surface area contributed by atoms with Crippen molar-refractivity contribution in [3.05, 3.63) is 0 Å². The number of carbonyl (C=O) groups excluding carboxylic acids is 1. The Labute approximate surface area is 130 Å². The molecule has 10 heteroatoms. The van der Waals surface area contributed by atoms with Crippen molar-refractivity contribution in [1.29, 1.82) is 0 Å². The maximum Gasteiger partial charge on any atom is 0.522 e. The highest BCUT2D eigenvalue weighted by Gasteiger charge is 2.41. The van der Waals surface area contributed by atoms with Gasteiger partial charge in [-0.3, -0.25) is 9.53 Å². The minimum atomic E-state index is -4.64. The number of nitrogens with one attached hydrogen (secondary N) is 1. The summed E-state index contributed by atoms with van der Waals surface area (Å²) in [6.07, 6.45) is -6.07. The summed E-state index contributed by atoms with van der Waals surface area (Å²) < 4.78 is 45.0. The molecule has 1 unspecified atom stereocenters. The molecule has 2 rings (SSSR count). The molecular weight excluding hydrogens is 321 g/mol. The molecular formula is C13H19F3N2O5. The van der Waals surface area contributed by atoms with Gasteiger partial charge in [0, 0.05) is 32.5 Å². The molecule has 0 aromatic rings. The van der Waals surface area contributed by atoms with Gasteiger partial charge >= 0.3 is 12.5 Å². The van der Waals surface area contributed by atoms with Crippen LogP contribution in [0.1, 0.15) is 19.3 Å². The average molecular weight is 340 g/mol. The standard InChI is InChI=1S/C13H19F3N2O5/c14-13(15,16)23-10-3-9(4-10)22-7-11(19)18-2-1-8(6-18)5-17-12(20)21/h8-10,17H,1-7H2,(H,20,21). The molecule has 1 heterocycles. The summed E-state index contributed by atoms with van der Waals surface area (Å²) in [5.41, 5.74) is 0. The number of hydrogen-bond acceptors (Lipinski definition) is 4. The Kier molecular flexibility index (Phi) is 5.69. The van der Waals surface area contributed by atoms with Crippen LogP contribution in [0.25, 0.3) is 0 Å². The van der Waals surface area contributed by atoms with Gasteiger partial charge in [0.1, 0.15) is 6.61 Å². The van der Waals surface area contributed by atoms with Crippen LogP contribution in [0.4, 0.5) is 18.0 Å². The van der Waals surface area contributed by atoms with Crippen molar-refractivity contribution >= 4 is 12.0 Å². The number of halogens is 3. The van der Waals surface area contributed by atoms with Crippen molar-refractivity contribution in [2.24, 2.45) is 5.92 Å². The van der Waals surface area contributed by atoms with Crippen LogP contribution in [0.15, 0.2) is 0 Å². The minimum absolute atomic E-state index is 0.0725. The van der Waals surface area contributed by atoms with E-state index in [4.69, 9.17) is 9.84 Å². The van der Waals surface area contributed by atoms with Gasteiger partial charge in [0.15, 0.2) is 0 Å². The summed E-state index contributed by atoms with van der Waals surface area (Å²) in [6, 6.07) is 0. The van der Waals surface area contributed by atoms with E-state index >= 15 is 0 Å². The number of amides is 2. The smallest absolute Gasteiger partial charge is 0.465 e. The maximum absolute atomic E-state index is 12.0. The third kappa shape index (κ3) is 5.87. The first kappa shape index (κ1) is 17.8. The third-order valence-electron chi connectivity index (χ3n) is 3.97. The van der Waals surface area contributed by atoms with Crippen LogP contribution in [-0.4, -0.2) is 66.8 Å². The highest BCUT2D eigenvalue weighted by atomic mass is 19.4. The molecule has 0 bridgehead atoms. The van der Waals surface area contributed by atoms with Gasteiger partial charge in [-0.05, 0) is 12.3 Å². The first-order chi connectivity index (χ1) is 10.7. The topological polar surface area (TPSA) is 88.1 Å². The molecule has 1 saturated heterocycles. The van der Waals surface area contributed by atoms with E-state index in [0.717, 1.165) is 0 Å². The van der Waals surface area contributed by atoms with Gasteiger partial charge < -0.3 is 20.1 Å². The fourth-order valence-corrected chi connectivity index (χ4v) is 2.68. The molecule has 1 saturated carbocycles. The average Bonchev–Trinajstić information content (AvgIpc) is 2.86. The predicted octanol–water partition coefficient (Wildman–Crippen LogP) is 1.19. The molecule has 2 fully saturated rings. The van der Waals surface area contributed by atoms with E-state index in [0.29, 0.717) is 26.1 Å². The summed E-state index contributed by atoms with van der Waals surface area (Å²) in [5, 5.41) is 10.8. The molecule has 2 N–H and O–H groups in total. The monoisotopic (exact) mass is 340 g/mol. The maximum atomic E-state index is 12.0. The van der Waals surface area contributed by atoms with E-state index in [-0.39, 0.29) is 31.3 Å². The van der Waals surface area contributed by atoms with Gasteiger partial charge in [-0.2, -0.15) is 0 Å². The van der Waals surface area contributed by atoms with Gasteiger partial charge in [-0.15, -0.1) is 13.2 Å². The van der Waals surface area contributed by atoms with E-state index in [1.165, 1.54) is 0 Å². The number of carboxylic acid groups (broad SMARTS) is 1. The molecule has 1 aliphatic carbocycles. The van der Waals surface area contributed by atoms with Crippen molar-refractivity contribution in [3.8, 4) is 0 Å². The van der Waals surface area contributed by atoms with Crippen molar-refractivity contribution in [2.75, 3.05) is 26.2 Å². The van der Waals surface area contributed by atoms with E-state index in [1.54, 1.807) is 4.90 Å². The normalized spacial score (nSPS) is 27.6. The largest absolute Gasteiger partial charge is 0.522 e. The highest BCUT2D eigenvalue weighted by Crippen LogP contribution is 2.32. The molecule has 1 atom stereocenters. The van der Waals surface area contributed by atoms with E-state index in [9.17, 15) is 22.8 Å². The molecule has 1 aliphatic heterocycles. The zero-order valence-electron chi connectivity index (χ0n) is 12.3. The van der Waals surface area contributed by atoms with Gasteiger partial charge in [0.2, 0.25) is 5.91 Å². The number of ether oxygens (including phenoxy) is 2. The fourth-order valence-electron chi connectivity index (χ4n) is 2.68. The Bertz CT molecular complexity index is 440. The Balaban J connectivity index is 1.59. The summed E-state index contributed by atoms with van der Waals surface area (Å²) in [4.78, 5) is 23.9. The number of nitrogens with zero attached hydrogens (tertiary/aromatic N) is 1. The molecule has 132 valence electrons. The van der Waals surface area contributed by atoms with Crippen LogP contribution in [0.3, 0.4) is 0 Å². The van der Waals surface area contributed by atoms with Gasteiger partial charge in [-0.1, -0.05) is 0 Å². The lowest BCUT2D eigenvalue weighted by Crippen LogP contribution is -2.42. The van der Waals surface area contributed by atoms with Crippen molar-refractivity contribution in [3.63, 3.8) is 0 Å². The molecule has 2 aliphatic rings. The summed E-state index contributed by atoms with van der Waals surface area (Å²) in [6.45, 7) is 1.09. The molecule has 2 amide bonds. The second-order valence-corrected chi connectivity index (χ2v) is 5.77. The zero-order chi connectivity index (χ0) is 17.0. The van der Waals surface area contributed by atoms with Gasteiger partial charge in [0.05, 0.1) is 12.2 Å². The molecule has 23 heavy (non-hydrogen) atoms. The summed E-state index contributed by atoms with van der Waals surface area (Å²) in [7, 11) is 0. The predicted molar refractivity (Wildman–Crippen MR) is 70.6 cm³/mol. The summed E-state index contributed by atoms with van der Waals surface area (Å²) in [5.74, 6) is -0.161. The van der Waals surface area contributed by atoms with Crippen molar-refractivity contribution in [1.82, 2.24) is 10.2 Å². The quantitative estimate of drug-likeness (QED) is 0.758.